The molecule has 42 heavy (non-hydrogen) atoms. The van der Waals surface area contributed by atoms with Crippen LogP contribution in [0.3, 0.4) is 0 Å². The minimum Gasteiger partial charge on any atom is -0.467 e. The summed E-state index contributed by atoms with van der Waals surface area (Å²) in [6.45, 7) is 9.29. The van der Waals surface area contributed by atoms with Crippen LogP contribution in [0.4, 0.5) is 22.9 Å². The van der Waals surface area contributed by atoms with Crippen LogP contribution in [-0.4, -0.2) is 78.5 Å². The van der Waals surface area contributed by atoms with Gasteiger partial charge in [-0.3, -0.25) is 14.9 Å². The first-order valence-corrected chi connectivity index (χ1v) is 13.8. The van der Waals surface area contributed by atoms with E-state index in [4.69, 9.17) is 14.2 Å². The number of likely N-dealkylation sites (N-methyl/N-ethyl adjacent to an activating group) is 1. The van der Waals surface area contributed by atoms with E-state index in [9.17, 15) is 14.9 Å². The maximum absolute atomic E-state index is 12.3. The second-order valence-electron chi connectivity index (χ2n) is 11.2. The topological polar surface area (TPSA) is 132 Å². The molecule has 1 aromatic heterocycles. The van der Waals surface area contributed by atoms with Gasteiger partial charge in [-0.2, -0.15) is 0 Å². The molecule has 12 heteroatoms. The molecule has 0 aliphatic carbocycles. The zero-order valence-electron chi connectivity index (χ0n) is 24.8. The van der Waals surface area contributed by atoms with Crippen molar-refractivity contribution in [3.63, 3.8) is 0 Å². The lowest BCUT2D eigenvalue weighted by atomic mass is 10.1. The lowest BCUT2D eigenvalue weighted by molar-refractivity contribution is -0.384. The summed E-state index contributed by atoms with van der Waals surface area (Å²) >= 11 is 0. The highest BCUT2D eigenvalue weighted by molar-refractivity contribution is 5.74. The number of nitro groups is 1. The van der Waals surface area contributed by atoms with Gasteiger partial charge in [0, 0.05) is 62.7 Å². The molecule has 1 fully saturated rings. The fraction of sp³-hybridized carbons (Fsp3) is 0.433. The summed E-state index contributed by atoms with van der Waals surface area (Å²) < 4.78 is 16.5. The van der Waals surface area contributed by atoms with E-state index in [-0.39, 0.29) is 37.1 Å². The van der Waals surface area contributed by atoms with Crippen molar-refractivity contribution >= 4 is 28.8 Å². The third-order valence-electron chi connectivity index (χ3n) is 6.57. The highest BCUT2D eigenvalue weighted by Gasteiger charge is 2.21. The Labute approximate surface area is 245 Å². The van der Waals surface area contributed by atoms with Crippen LogP contribution >= 0.6 is 0 Å². The number of anilines is 3. The molecular weight excluding hydrogens is 540 g/mol. The van der Waals surface area contributed by atoms with Crippen LogP contribution in [0, 0.1) is 10.1 Å². The third kappa shape index (κ3) is 8.60. The number of rotatable bonds is 11. The second kappa shape index (κ2) is 13.6. The minimum atomic E-state index is -0.593. The highest BCUT2D eigenvalue weighted by Crippen LogP contribution is 2.30. The van der Waals surface area contributed by atoms with Gasteiger partial charge in [0.1, 0.15) is 23.4 Å². The van der Waals surface area contributed by atoms with E-state index < -0.39 is 10.5 Å². The summed E-state index contributed by atoms with van der Waals surface area (Å²) in [6, 6.07) is 13.0. The molecule has 3 aromatic rings. The number of carbonyl (C=O) groups is 1. The molecule has 0 unspecified atom stereocenters. The van der Waals surface area contributed by atoms with Crippen LogP contribution in [0.2, 0.25) is 0 Å². The Balaban J connectivity index is 1.56. The molecule has 0 spiro atoms. The van der Waals surface area contributed by atoms with Gasteiger partial charge in [-0.1, -0.05) is 18.2 Å². The van der Waals surface area contributed by atoms with Gasteiger partial charge in [-0.15, -0.1) is 0 Å². The van der Waals surface area contributed by atoms with Crippen molar-refractivity contribution in [2.75, 3.05) is 57.3 Å². The molecule has 0 atom stereocenters. The summed E-state index contributed by atoms with van der Waals surface area (Å²) in [5.41, 5.74) is 2.26. The molecule has 1 N–H and O–H groups in total. The Morgan fingerprint density at radius 3 is 2.57 bits per heavy atom. The van der Waals surface area contributed by atoms with E-state index in [0.717, 1.165) is 37.4 Å². The Hall–Kier alpha value is -4.29. The van der Waals surface area contributed by atoms with Crippen molar-refractivity contribution in [2.45, 2.75) is 39.2 Å². The lowest BCUT2D eigenvalue weighted by Gasteiger charge is -2.34. The van der Waals surface area contributed by atoms with E-state index in [1.807, 2.05) is 39.0 Å². The smallest absolute Gasteiger partial charge is 0.329 e. The highest BCUT2D eigenvalue weighted by atomic mass is 16.7. The molecule has 1 aliphatic rings. The van der Waals surface area contributed by atoms with Gasteiger partial charge >= 0.3 is 11.7 Å². The number of nitrogens with one attached hydrogen (secondary N) is 1. The van der Waals surface area contributed by atoms with Gasteiger partial charge in [-0.05, 0) is 51.6 Å². The lowest BCUT2D eigenvalue weighted by Crippen LogP contribution is -2.44. The number of nitrogens with zero attached hydrogens (tertiary/aromatic N) is 5. The average Bonchev–Trinajstić information content (AvgIpc) is 2.92. The number of benzene rings is 2. The maximum atomic E-state index is 12.3. The Morgan fingerprint density at radius 2 is 1.88 bits per heavy atom. The molecule has 0 bridgehead atoms. The first kappa shape index (κ1) is 30.7. The SMILES string of the molecule is COCOc1cc(N2CCN(C)CC2)ccc1Cc1ncc([N+](=O)[O-])c(Nc2cccc(CC(=O)OC(C)(C)C)c2)n1. The largest absolute Gasteiger partial charge is 0.467 e. The van der Waals surface area contributed by atoms with Crippen LogP contribution < -0.4 is 15.0 Å². The number of ether oxygens (including phenoxy) is 3. The Bertz CT molecular complexity index is 1400. The van der Waals surface area contributed by atoms with Crippen molar-refractivity contribution in [2.24, 2.45) is 0 Å². The van der Waals surface area contributed by atoms with E-state index in [2.05, 4.69) is 32.1 Å². The molecule has 2 heterocycles. The fourth-order valence-electron chi connectivity index (χ4n) is 4.54. The number of methoxy groups -OCH3 is 1. The predicted molar refractivity (Wildman–Crippen MR) is 159 cm³/mol. The van der Waals surface area contributed by atoms with Gasteiger partial charge in [0.2, 0.25) is 5.82 Å². The molecular formula is C30H38N6O6. The minimum absolute atomic E-state index is 0.0489. The summed E-state index contributed by atoms with van der Waals surface area (Å²) in [4.78, 5) is 36.9. The molecule has 1 aliphatic heterocycles. The number of piperazine rings is 1. The molecule has 0 amide bonds. The summed E-state index contributed by atoms with van der Waals surface area (Å²) in [7, 11) is 3.67. The Morgan fingerprint density at radius 1 is 1.12 bits per heavy atom. The van der Waals surface area contributed by atoms with E-state index >= 15 is 0 Å². The van der Waals surface area contributed by atoms with Gasteiger partial charge < -0.3 is 29.3 Å². The van der Waals surface area contributed by atoms with Crippen LogP contribution in [0.15, 0.2) is 48.7 Å². The van der Waals surface area contributed by atoms with E-state index in [1.54, 1.807) is 31.4 Å². The first-order valence-electron chi connectivity index (χ1n) is 13.8. The number of esters is 1. The Kier molecular flexibility index (Phi) is 9.92. The van der Waals surface area contributed by atoms with Crippen molar-refractivity contribution in [1.29, 1.82) is 0 Å². The van der Waals surface area contributed by atoms with Crippen LogP contribution in [0.1, 0.15) is 37.7 Å². The van der Waals surface area contributed by atoms with Crippen LogP contribution in [0.25, 0.3) is 0 Å². The predicted octanol–water partition coefficient (Wildman–Crippen LogP) is 4.34. The number of aromatic nitrogens is 2. The quantitative estimate of drug-likeness (QED) is 0.151. The molecule has 1 saturated heterocycles. The number of hydrogen-bond donors (Lipinski definition) is 1. The summed E-state index contributed by atoms with van der Waals surface area (Å²) in [5.74, 6) is 0.704. The molecule has 224 valence electrons. The van der Waals surface area contributed by atoms with Crippen LogP contribution in [-0.2, 0) is 27.1 Å². The van der Waals surface area contributed by atoms with E-state index in [1.165, 1.54) is 6.20 Å². The molecule has 4 rings (SSSR count). The summed E-state index contributed by atoms with van der Waals surface area (Å²) in [5, 5.41) is 14.8. The molecule has 0 radical (unpaired) electrons. The van der Waals surface area contributed by atoms with Crippen LogP contribution in [0.5, 0.6) is 5.75 Å². The molecule has 0 saturated carbocycles. The molecule has 12 nitrogen and oxygen atoms in total. The van der Waals surface area contributed by atoms with Crippen molar-refractivity contribution in [3.05, 3.63) is 75.7 Å². The van der Waals surface area contributed by atoms with Gasteiger partial charge in [-0.25, -0.2) is 9.97 Å². The normalized spacial score (nSPS) is 14.0. The molecule has 2 aromatic carbocycles. The van der Waals surface area contributed by atoms with Gasteiger partial charge in [0.25, 0.3) is 0 Å². The third-order valence-corrected chi connectivity index (χ3v) is 6.57. The van der Waals surface area contributed by atoms with Gasteiger partial charge in [0.05, 0.1) is 11.3 Å². The van der Waals surface area contributed by atoms with Crippen molar-refractivity contribution < 1.29 is 23.9 Å². The van der Waals surface area contributed by atoms with E-state index in [0.29, 0.717) is 22.8 Å². The zero-order chi connectivity index (χ0) is 30.3. The van der Waals surface area contributed by atoms with Gasteiger partial charge in [0.15, 0.2) is 6.79 Å². The van der Waals surface area contributed by atoms with Crippen molar-refractivity contribution in [1.82, 2.24) is 14.9 Å². The average molecular weight is 579 g/mol. The number of hydrogen-bond acceptors (Lipinski definition) is 11. The standard InChI is InChI=1S/C30H38N6O6/c1-30(2,3)42-28(37)16-21-7-6-8-23(15-21)32-29-25(36(38)39)19-31-27(33-29)17-22-9-10-24(18-26(22)41-20-40-5)35-13-11-34(4)12-14-35/h6-10,15,18-19H,11-14,16-17,20H2,1-5H3,(H,31,32,33). The maximum Gasteiger partial charge on any atom is 0.329 e. The fourth-order valence-corrected chi connectivity index (χ4v) is 4.54. The summed E-state index contributed by atoms with van der Waals surface area (Å²) in [6.07, 6.45) is 1.55. The second-order valence-corrected chi connectivity index (χ2v) is 11.2. The number of carbonyl (C=O) groups excluding carboxylic acids is 1. The monoisotopic (exact) mass is 578 g/mol. The van der Waals surface area contributed by atoms with Crippen molar-refractivity contribution in [3.8, 4) is 5.75 Å². The first-order chi connectivity index (χ1) is 20.0. The zero-order valence-corrected chi connectivity index (χ0v) is 24.8.